The Labute approximate surface area is 136 Å². The second-order valence-electron chi connectivity index (χ2n) is 5.03. The van der Waals surface area contributed by atoms with Gasteiger partial charge in [0.05, 0.1) is 11.3 Å². The first kappa shape index (κ1) is 18.0. The summed E-state index contributed by atoms with van der Waals surface area (Å²) >= 11 is 3.23. The number of anilines is 1. The van der Waals surface area contributed by atoms with Crippen LogP contribution in [0, 0.1) is 5.92 Å². The highest BCUT2D eigenvalue weighted by molar-refractivity contribution is 9.10. The molecule has 0 aliphatic rings. The van der Waals surface area contributed by atoms with E-state index >= 15 is 0 Å². The number of nitrogens with one attached hydrogen (secondary N) is 2. The van der Waals surface area contributed by atoms with Crippen molar-refractivity contribution in [3.63, 3.8) is 0 Å². The van der Waals surface area contributed by atoms with Crippen LogP contribution in [0.1, 0.15) is 30.6 Å². The SMILES string of the molecule is CC(CC(C)C(=O)Nc1ccc(Br)cc1C(N)=O)NC(=O)O. The summed E-state index contributed by atoms with van der Waals surface area (Å²) in [6, 6.07) is 4.42. The van der Waals surface area contributed by atoms with Crippen molar-refractivity contribution in [2.24, 2.45) is 11.7 Å². The first-order valence-corrected chi connectivity index (χ1v) is 7.39. The number of benzene rings is 1. The molecule has 120 valence electrons. The Morgan fingerprint density at radius 3 is 2.50 bits per heavy atom. The summed E-state index contributed by atoms with van der Waals surface area (Å²) in [6.45, 7) is 3.35. The largest absolute Gasteiger partial charge is 0.465 e. The van der Waals surface area contributed by atoms with E-state index in [-0.39, 0.29) is 17.5 Å². The molecule has 0 fully saturated rings. The zero-order valence-electron chi connectivity index (χ0n) is 12.2. The van der Waals surface area contributed by atoms with E-state index in [4.69, 9.17) is 10.8 Å². The van der Waals surface area contributed by atoms with Crippen LogP contribution in [0.2, 0.25) is 0 Å². The molecular weight excluding hydrogens is 354 g/mol. The van der Waals surface area contributed by atoms with Crippen molar-refractivity contribution in [1.82, 2.24) is 5.32 Å². The lowest BCUT2D eigenvalue weighted by atomic mass is 10.0. The first-order chi connectivity index (χ1) is 10.2. The molecular formula is C14H18BrN3O4. The van der Waals surface area contributed by atoms with Gasteiger partial charge in [-0.1, -0.05) is 22.9 Å². The predicted octanol–water partition coefficient (Wildman–Crippen LogP) is 2.17. The fourth-order valence-electron chi connectivity index (χ4n) is 1.99. The van der Waals surface area contributed by atoms with Crippen LogP contribution in [-0.2, 0) is 4.79 Å². The van der Waals surface area contributed by atoms with Gasteiger partial charge in [-0.25, -0.2) is 4.79 Å². The standard InChI is InChI=1S/C14H18BrN3O4/c1-7(5-8(2)17-14(21)22)13(20)18-11-4-3-9(15)6-10(11)12(16)19/h3-4,6-8,17H,5H2,1-2H3,(H2,16,19)(H,18,20)(H,21,22). The zero-order chi connectivity index (χ0) is 16.9. The second-order valence-corrected chi connectivity index (χ2v) is 5.95. The lowest BCUT2D eigenvalue weighted by Gasteiger charge is -2.18. The quantitative estimate of drug-likeness (QED) is 0.611. The molecule has 0 aliphatic heterocycles. The van der Waals surface area contributed by atoms with Crippen molar-refractivity contribution >= 4 is 39.5 Å². The maximum atomic E-state index is 12.1. The zero-order valence-corrected chi connectivity index (χ0v) is 13.8. The van der Waals surface area contributed by atoms with Crippen LogP contribution in [-0.4, -0.2) is 29.1 Å². The number of hydrogen-bond donors (Lipinski definition) is 4. The third kappa shape index (κ3) is 5.36. The van der Waals surface area contributed by atoms with Gasteiger partial charge in [0.1, 0.15) is 0 Å². The van der Waals surface area contributed by atoms with E-state index in [2.05, 4.69) is 26.6 Å². The second kappa shape index (κ2) is 7.79. The van der Waals surface area contributed by atoms with Crippen molar-refractivity contribution in [2.75, 3.05) is 5.32 Å². The van der Waals surface area contributed by atoms with Gasteiger partial charge in [0, 0.05) is 16.4 Å². The Morgan fingerprint density at radius 1 is 1.32 bits per heavy atom. The van der Waals surface area contributed by atoms with E-state index in [0.29, 0.717) is 16.6 Å². The molecule has 0 bridgehead atoms. The average molecular weight is 372 g/mol. The average Bonchev–Trinajstić information content (AvgIpc) is 2.39. The summed E-state index contributed by atoms with van der Waals surface area (Å²) in [5.41, 5.74) is 5.81. The number of carbonyl (C=O) groups excluding carboxylic acids is 2. The molecule has 0 heterocycles. The number of carbonyl (C=O) groups is 3. The molecule has 0 saturated carbocycles. The summed E-state index contributed by atoms with van der Waals surface area (Å²) in [5.74, 6) is -1.40. The van der Waals surface area contributed by atoms with E-state index in [1.54, 1.807) is 26.0 Å². The van der Waals surface area contributed by atoms with Gasteiger partial charge < -0.3 is 21.5 Å². The van der Waals surface area contributed by atoms with Crippen LogP contribution in [0.3, 0.4) is 0 Å². The number of halogens is 1. The maximum absolute atomic E-state index is 12.1. The van der Waals surface area contributed by atoms with Crippen molar-refractivity contribution in [1.29, 1.82) is 0 Å². The summed E-state index contributed by atoms with van der Waals surface area (Å²) in [7, 11) is 0. The fraction of sp³-hybridized carbons (Fsp3) is 0.357. The maximum Gasteiger partial charge on any atom is 0.404 e. The molecule has 0 aliphatic carbocycles. The van der Waals surface area contributed by atoms with Gasteiger partial charge in [0.25, 0.3) is 5.91 Å². The molecule has 1 rings (SSSR count). The van der Waals surface area contributed by atoms with E-state index in [9.17, 15) is 14.4 Å². The minimum Gasteiger partial charge on any atom is -0.465 e. The molecule has 2 atom stereocenters. The highest BCUT2D eigenvalue weighted by atomic mass is 79.9. The number of hydrogen-bond acceptors (Lipinski definition) is 3. The lowest BCUT2D eigenvalue weighted by molar-refractivity contribution is -0.119. The molecule has 22 heavy (non-hydrogen) atoms. The van der Waals surface area contributed by atoms with Gasteiger partial charge >= 0.3 is 6.09 Å². The lowest BCUT2D eigenvalue weighted by Crippen LogP contribution is -2.35. The molecule has 0 aromatic heterocycles. The third-order valence-corrected chi connectivity index (χ3v) is 3.52. The normalized spacial score (nSPS) is 13.0. The van der Waals surface area contributed by atoms with E-state index in [1.165, 1.54) is 6.07 Å². The number of primary amides is 1. The molecule has 0 saturated heterocycles. The Kier molecular flexibility index (Phi) is 6.36. The van der Waals surface area contributed by atoms with Crippen LogP contribution >= 0.6 is 15.9 Å². The first-order valence-electron chi connectivity index (χ1n) is 6.60. The molecule has 0 spiro atoms. The molecule has 1 aromatic carbocycles. The highest BCUT2D eigenvalue weighted by Crippen LogP contribution is 2.21. The molecule has 7 nitrogen and oxygen atoms in total. The Balaban J connectivity index is 2.76. The monoisotopic (exact) mass is 371 g/mol. The molecule has 5 N–H and O–H groups in total. The smallest absolute Gasteiger partial charge is 0.404 e. The summed E-state index contributed by atoms with van der Waals surface area (Å²) < 4.78 is 0.673. The molecule has 1 aromatic rings. The summed E-state index contributed by atoms with van der Waals surface area (Å²) in [4.78, 5) is 34.1. The molecule has 3 amide bonds. The number of amides is 3. The van der Waals surface area contributed by atoms with Crippen molar-refractivity contribution < 1.29 is 19.5 Å². The minimum absolute atomic E-state index is 0.201. The van der Waals surface area contributed by atoms with E-state index in [1.807, 2.05) is 0 Å². The molecule has 8 heteroatoms. The van der Waals surface area contributed by atoms with E-state index in [0.717, 1.165) is 0 Å². The molecule has 0 radical (unpaired) electrons. The van der Waals surface area contributed by atoms with E-state index < -0.39 is 17.9 Å². The van der Waals surface area contributed by atoms with Crippen LogP contribution < -0.4 is 16.4 Å². The van der Waals surface area contributed by atoms with Crippen molar-refractivity contribution in [3.8, 4) is 0 Å². The van der Waals surface area contributed by atoms with Gasteiger partial charge in [-0.15, -0.1) is 0 Å². The topological polar surface area (TPSA) is 122 Å². The third-order valence-electron chi connectivity index (χ3n) is 3.03. The number of carboxylic acid groups (broad SMARTS) is 1. The number of nitrogens with two attached hydrogens (primary N) is 1. The van der Waals surface area contributed by atoms with Gasteiger partial charge in [0.2, 0.25) is 5.91 Å². The fourth-order valence-corrected chi connectivity index (χ4v) is 2.35. The molecule has 2 unspecified atom stereocenters. The van der Waals surface area contributed by atoms with Gasteiger partial charge in [0.15, 0.2) is 0 Å². The van der Waals surface area contributed by atoms with Crippen molar-refractivity contribution in [3.05, 3.63) is 28.2 Å². The van der Waals surface area contributed by atoms with Crippen LogP contribution in [0.4, 0.5) is 10.5 Å². The Hall–Kier alpha value is -2.09. The Bertz CT molecular complexity index is 591. The van der Waals surface area contributed by atoms with Crippen LogP contribution in [0.25, 0.3) is 0 Å². The van der Waals surface area contributed by atoms with Gasteiger partial charge in [-0.3, -0.25) is 9.59 Å². The van der Waals surface area contributed by atoms with Crippen LogP contribution in [0.15, 0.2) is 22.7 Å². The minimum atomic E-state index is -1.14. The summed E-state index contributed by atoms with van der Waals surface area (Å²) in [6.07, 6.45) is -0.801. The van der Waals surface area contributed by atoms with Gasteiger partial charge in [-0.05, 0) is 31.5 Å². The predicted molar refractivity (Wildman–Crippen MR) is 85.7 cm³/mol. The highest BCUT2D eigenvalue weighted by Gasteiger charge is 2.19. The number of rotatable bonds is 6. The summed E-state index contributed by atoms with van der Waals surface area (Å²) in [5, 5.41) is 13.6. The Morgan fingerprint density at radius 2 is 1.95 bits per heavy atom. The van der Waals surface area contributed by atoms with Crippen molar-refractivity contribution in [2.45, 2.75) is 26.3 Å². The van der Waals surface area contributed by atoms with Crippen LogP contribution in [0.5, 0.6) is 0 Å². The van der Waals surface area contributed by atoms with Gasteiger partial charge in [-0.2, -0.15) is 0 Å².